The zero-order valence-corrected chi connectivity index (χ0v) is 10.5. The van der Waals surface area contributed by atoms with Gasteiger partial charge in [-0.3, -0.25) is 9.59 Å². The first-order valence-corrected chi connectivity index (χ1v) is 5.82. The smallest absolute Gasteiger partial charge is 0.227 e. The normalized spacial score (nSPS) is 18.9. The third-order valence-electron chi connectivity index (χ3n) is 3.12. The third-order valence-corrected chi connectivity index (χ3v) is 3.12. The summed E-state index contributed by atoms with van der Waals surface area (Å²) in [5.74, 6) is 0.213. The minimum atomic E-state index is -0.285. The van der Waals surface area contributed by atoms with Gasteiger partial charge in [0.05, 0.1) is 18.7 Å². The molecule has 0 bridgehead atoms. The second-order valence-electron chi connectivity index (χ2n) is 4.19. The lowest BCUT2D eigenvalue weighted by Gasteiger charge is -2.19. The minimum absolute atomic E-state index is 0.0481. The molecule has 96 valence electrons. The standard InChI is InChI=1S/C13H16N2O3/c1-14-13(17)9-7-12(16)15(8-9)10-5-3-4-6-11(10)18-2/h3-6,9H,7-8H2,1-2H3,(H,14,17)/t9-/m1/s1. The van der Waals surface area contributed by atoms with Crippen LogP contribution in [0.3, 0.4) is 0 Å². The largest absolute Gasteiger partial charge is 0.495 e. The molecule has 5 nitrogen and oxygen atoms in total. The summed E-state index contributed by atoms with van der Waals surface area (Å²) in [6.45, 7) is 0.402. The van der Waals surface area contributed by atoms with E-state index >= 15 is 0 Å². The molecule has 0 aromatic heterocycles. The quantitative estimate of drug-likeness (QED) is 0.860. The first kappa shape index (κ1) is 12.4. The Morgan fingerprint density at radius 1 is 1.44 bits per heavy atom. The molecule has 1 fully saturated rings. The minimum Gasteiger partial charge on any atom is -0.495 e. The van der Waals surface area contributed by atoms with Gasteiger partial charge < -0.3 is 15.0 Å². The summed E-state index contributed by atoms with van der Waals surface area (Å²) in [7, 11) is 3.15. The zero-order valence-electron chi connectivity index (χ0n) is 10.5. The molecule has 1 aromatic rings. The second kappa shape index (κ2) is 5.08. The highest BCUT2D eigenvalue weighted by molar-refractivity contribution is 6.01. The Morgan fingerprint density at radius 2 is 2.17 bits per heavy atom. The number of benzene rings is 1. The van der Waals surface area contributed by atoms with Gasteiger partial charge in [0.15, 0.2) is 0 Å². The highest BCUT2D eigenvalue weighted by Gasteiger charge is 2.35. The maximum absolute atomic E-state index is 12.0. The van der Waals surface area contributed by atoms with Crippen molar-refractivity contribution in [3.63, 3.8) is 0 Å². The predicted octanol–water partition coefficient (Wildman–Crippen LogP) is 0.794. The molecule has 0 saturated carbocycles. The second-order valence-corrected chi connectivity index (χ2v) is 4.19. The van der Waals surface area contributed by atoms with Gasteiger partial charge in [0, 0.05) is 20.0 Å². The molecule has 0 radical (unpaired) electrons. The molecule has 0 spiro atoms. The lowest BCUT2D eigenvalue weighted by atomic mass is 10.1. The van der Waals surface area contributed by atoms with Crippen LogP contribution >= 0.6 is 0 Å². The summed E-state index contributed by atoms with van der Waals surface area (Å²) >= 11 is 0. The molecule has 1 N–H and O–H groups in total. The average molecular weight is 248 g/mol. The third kappa shape index (κ3) is 2.16. The van der Waals surface area contributed by atoms with Gasteiger partial charge >= 0.3 is 0 Å². The summed E-state index contributed by atoms with van der Waals surface area (Å²) < 4.78 is 5.23. The maximum atomic E-state index is 12.0. The summed E-state index contributed by atoms with van der Waals surface area (Å²) in [6.07, 6.45) is 0.248. The number of hydrogen-bond donors (Lipinski definition) is 1. The van der Waals surface area contributed by atoms with Gasteiger partial charge in [0.1, 0.15) is 5.75 Å². The van der Waals surface area contributed by atoms with E-state index in [0.29, 0.717) is 12.3 Å². The molecule has 1 aliphatic rings. The Hall–Kier alpha value is -2.04. The van der Waals surface area contributed by atoms with E-state index in [0.717, 1.165) is 5.69 Å². The van der Waals surface area contributed by atoms with Gasteiger partial charge in [-0.25, -0.2) is 0 Å². The van der Waals surface area contributed by atoms with Crippen molar-refractivity contribution in [2.24, 2.45) is 5.92 Å². The van der Waals surface area contributed by atoms with Crippen molar-refractivity contribution in [3.05, 3.63) is 24.3 Å². The Labute approximate surface area is 106 Å². The van der Waals surface area contributed by atoms with Gasteiger partial charge in [-0.2, -0.15) is 0 Å². The van der Waals surface area contributed by atoms with E-state index in [9.17, 15) is 9.59 Å². The van der Waals surface area contributed by atoms with Crippen LogP contribution in [0.4, 0.5) is 5.69 Å². The number of nitrogens with zero attached hydrogens (tertiary/aromatic N) is 1. The van der Waals surface area contributed by atoms with Gasteiger partial charge in [0.25, 0.3) is 0 Å². The van der Waals surface area contributed by atoms with Crippen molar-refractivity contribution in [1.82, 2.24) is 5.32 Å². The molecule has 1 atom stereocenters. The van der Waals surface area contributed by atoms with Crippen molar-refractivity contribution in [2.75, 3.05) is 25.6 Å². The van der Waals surface area contributed by atoms with Crippen LogP contribution in [0.5, 0.6) is 5.75 Å². The van der Waals surface area contributed by atoms with Crippen LogP contribution in [0, 0.1) is 5.92 Å². The van der Waals surface area contributed by atoms with E-state index in [1.165, 1.54) is 0 Å². The average Bonchev–Trinajstić information content (AvgIpc) is 2.79. The van der Waals surface area contributed by atoms with E-state index in [1.807, 2.05) is 18.2 Å². The molecular weight excluding hydrogens is 232 g/mol. The fraction of sp³-hybridized carbons (Fsp3) is 0.385. The van der Waals surface area contributed by atoms with E-state index in [2.05, 4.69) is 5.32 Å². The number of rotatable bonds is 3. The number of hydrogen-bond acceptors (Lipinski definition) is 3. The van der Waals surface area contributed by atoms with Crippen molar-refractivity contribution >= 4 is 17.5 Å². The molecule has 2 amide bonds. The molecule has 1 saturated heterocycles. The summed E-state index contributed by atoms with van der Waals surface area (Å²) in [5.41, 5.74) is 0.719. The first-order valence-electron chi connectivity index (χ1n) is 5.82. The Bertz CT molecular complexity index is 473. The summed E-state index contributed by atoms with van der Waals surface area (Å²) in [6, 6.07) is 7.32. The maximum Gasteiger partial charge on any atom is 0.227 e. The van der Waals surface area contributed by atoms with Crippen LogP contribution in [0.15, 0.2) is 24.3 Å². The molecule has 0 aliphatic carbocycles. The van der Waals surface area contributed by atoms with Gasteiger partial charge in [-0.1, -0.05) is 12.1 Å². The van der Waals surface area contributed by atoms with Crippen molar-refractivity contribution in [3.8, 4) is 5.75 Å². The fourth-order valence-electron chi connectivity index (χ4n) is 2.17. The topological polar surface area (TPSA) is 58.6 Å². The number of amides is 2. The number of carbonyl (C=O) groups excluding carboxylic acids is 2. The van der Waals surface area contributed by atoms with Crippen LogP contribution in [0.25, 0.3) is 0 Å². The predicted molar refractivity (Wildman–Crippen MR) is 67.5 cm³/mol. The summed E-state index contributed by atoms with van der Waals surface area (Å²) in [5, 5.41) is 2.58. The van der Waals surface area contributed by atoms with Crippen LogP contribution in [-0.4, -0.2) is 32.5 Å². The van der Waals surface area contributed by atoms with E-state index in [-0.39, 0.29) is 24.2 Å². The molecular formula is C13H16N2O3. The van der Waals surface area contributed by atoms with E-state index in [4.69, 9.17) is 4.74 Å². The Kier molecular flexibility index (Phi) is 3.50. The molecule has 1 aliphatic heterocycles. The van der Waals surface area contributed by atoms with Crippen LogP contribution in [-0.2, 0) is 9.59 Å². The highest BCUT2D eigenvalue weighted by Crippen LogP contribution is 2.32. The molecule has 1 aromatic carbocycles. The molecule has 5 heteroatoms. The van der Waals surface area contributed by atoms with Gasteiger partial charge in [-0.05, 0) is 12.1 Å². The van der Waals surface area contributed by atoms with Crippen molar-refractivity contribution < 1.29 is 14.3 Å². The molecule has 2 rings (SSSR count). The lowest BCUT2D eigenvalue weighted by molar-refractivity contribution is -0.125. The van der Waals surface area contributed by atoms with Crippen LogP contribution in [0.1, 0.15) is 6.42 Å². The fourth-order valence-corrected chi connectivity index (χ4v) is 2.17. The number of methoxy groups -OCH3 is 1. The molecule has 1 heterocycles. The number of ether oxygens (including phenoxy) is 1. The van der Waals surface area contributed by atoms with E-state index < -0.39 is 0 Å². The van der Waals surface area contributed by atoms with E-state index in [1.54, 1.807) is 25.1 Å². The SMILES string of the molecule is CNC(=O)[C@@H]1CC(=O)N(c2ccccc2OC)C1. The lowest BCUT2D eigenvalue weighted by Crippen LogP contribution is -2.30. The molecule has 0 unspecified atom stereocenters. The monoisotopic (exact) mass is 248 g/mol. The number of carbonyl (C=O) groups is 2. The Balaban J connectivity index is 2.24. The van der Waals surface area contributed by atoms with Crippen LogP contribution in [0.2, 0.25) is 0 Å². The van der Waals surface area contributed by atoms with Gasteiger partial charge in [0.2, 0.25) is 11.8 Å². The Morgan fingerprint density at radius 3 is 2.83 bits per heavy atom. The van der Waals surface area contributed by atoms with Crippen LogP contribution < -0.4 is 15.0 Å². The summed E-state index contributed by atoms with van der Waals surface area (Å²) in [4.78, 5) is 25.1. The van der Waals surface area contributed by atoms with Gasteiger partial charge in [-0.15, -0.1) is 0 Å². The van der Waals surface area contributed by atoms with Crippen molar-refractivity contribution in [2.45, 2.75) is 6.42 Å². The first-order chi connectivity index (χ1) is 8.67. The number of anilines is 1. The van der Waals surface area contributed by atoms with Crippen molar-refractivity contribution in [1.29, 1.82) is 0 Å². The molecule has 18 heavy (non-hydrogen) atoms. The highest BCUT2D eigenvalue weighted by atomic mass is 16.5. The number of nitrogens with one attached hydrogen (secondary N) is 1. The number of para-hydroxylation sites is 2. The zero-order chi connectivity index (χ0) is 13.1.